The minimum atomic E-state index is -0.187. The largest absolute Gasteiger partial charge is 0.316 e. The maximum absolute atomic E-state index is 12.8. The second-order valence-electron chi connectivity index (χ2n) is 4.44. The maximum atomic E-state index is 12.8. The standard InChI is InChI=1S/C13H19BrFN/c1-10(2)9-16-7-3-4-11-5-6-12(15)8-13(11)14/h5-6,8,10,16H,3-4,7,9H2,1-2H3. The normalized spacial score (nSPS) is 11.1. The number of benzene rings is 1. The molecule has 3 heteroatoms. The molecule has 1 nitrogen and oxygen atoms in total. The summed E-state index contributed by atoms with van der Waals surface area (Å²) in [6.45, 7) is 6.47. The van der Waals surface area contributed by atoms with E-state index in [4.69, 9.17) is 0 Å². The SMILES string of the molecule is CC(C)CNCCCc1ccc(F)cc1Br. The van der Waals surface area contributed by atoms with Crippen molar-refractivity contribution in [2.75, 3.05) is 13.1 Å². The monoisotopic (exact) mass is 287 g/mol. The smallest absolute Gasteiger partial charge is 0.124 e. The van der Waals surface area contributed by atoms with Crippen molar-refractivity contribution in [2.24, 2.45) is 5.92 Å². The van der Waals surface area contributed by atoms with Crippen LogP contribution in [0.2, 0.25) is 0 Å². The van der Waals surface area contributed by atoms with Crippen molar-refractivity contribution in [1.29, 1.82) is 0 Å². The molecule has 0 aliphatic carbocycles. The molecule has 90 valence electrons. The molecule has 0 spiro atoms. The molecule has 0 radical (unpaired) electrons. The van der Waals surface area contributed by atoms with Gasteiger partial charge in [0.25, 0.3) is 0 Å². The first-order valence-corrected chi connectivity index (χ1v) is 6.53. The fourth-order valence-electron chi connectivity index (χ4n) is 1.52. The molecule has 1 aromatic carbocycles. The van der Waals surface area contributed by atoms with E-state index in [2.05, 4.69) is 35.1 Å². The van der Waals surface area contributed by atoms with Gasteiger partial charge in [-0.2, -0.15) is 0 Å². The molecule has 0 saturated heterocycles. The minimum absolute atomic E-state index is 0.187. The van der Waals surface area contributed by atoms with Crippen LogP contribution in [0.4, 0.5) is 4.39 Å². The zero-order chi connectivity index (χ0) is 12.0. The fourth-order valence-corrected chi connectivity index (χ4v) is 2.07. The summed E-state index contributed by atoms with van der Waals surface area (Å²) in [5, 5.41) is 3.40. The molecule has 1 rings (SSSR count). The van der Waals surface area contributed by atoms with Crippen molar-refractivity contribution < 1.29 is 4.39 Å². The molecule has 1 aromatic rings. The van der Waals surface area contributed by atoms with E-state index < -0.39 is 0 Å². The van der Waals surface area contributed by atoms with Gasteiger partial charge in [-0.15, -0.1) is 0 Å². The Hall–Kier alpha value is -0.410. The van der Waals surface area contributed by atoms with E-state index >= 15 is 0 Å². The fraction of sp³-hybridized carbons (Fsp3) is 0.538. The van der Waals surface area contributed by atoms with Gasteiger partial charge in [0.1, 0.15) is 5.82 Å². The summed E-state index contributed by atoms with van der Waals surface area (Å²) in [5.41, 5.74) is 1.17. The van der Waals surface area contributed by atoms with Gasteiger partial charge in [-0.1, -0.05) is 35.8 Å². The number of aryl methyl sites for hydroxylation is 1. The van der Waals surface area contributed by atoms with Crippen LogP contribution in [0.1, 0.15) is 25.8 Å². The molecule has 0 saturated carbocycles. The first kappa shape index (κ1) is 13.7. The number of hydrogen-bond donors (Lipinski definition) is 1. The molecule has 0 amide bonds. The third-order valence-corrected chi connectivity index (χ3v) is 3.11. The van der Waals surface area contributed by atoms with E-state index in [1.807, 2.05) is 6.07 Å². The minimum Gasteiger partial charge on any atom is -0.316 e. The van der Waals surface area contributed by atoms with Crippen LogP contribution < -0.4 is 5.32 Å². The van der Waals surface area contributed by atoms with Crippen molar-refractivity contribution in [3.63, 3.8) is 0 Å². The highest BCUT2D eigenvalue weighted by molar-refractivity contribution is 9.10. The van der Waals surface area contributed by atoms with E-state index in [1.54, 1.807) is 0 Å². The van der Waals surface area contributed by atoms with Gasteiger partial charge in [0, 0.05) is 4.47 Å². The average Bonchev–Trinajstić information content (AvgIpc) is 2.20. The molecular formula is C13H19BrFN. The Kier molecular flexibility index (Phi) is 5.99. The van der Waals surface area contributed by atoms with Gasteiger partial charge in [0.15, 0.2) is 0 Å². The summed E-state index contributed by atoms with van der Waals surface area (Å²) in [7, 11) is 0. The first-order chi connectivity index (χ1) is 7.59. The topological polar surface area (TPSA) is 12.0 Å². The molecule has 0 atom stereocenters. The lowest BCUT2D eigenvalue weighted by Gasteiger charge is -2.08. The molecule has 0 heterocycles. The Balaban J connectivity index is 2.27. The number of rotatable bonds is 6. The second-order valence-corrected chi connectivity index (χ2v) is 5.29. The van der Waals surface area contributed by atoms with Gasteiger partial charge in [0.2, 0.25) is 0 Å². The molecule has 0 fully saturated rings. The zero-order valence-electron chi connectivity index (χ0n) is 9.89. The molecule has 0 unspecified atom stereocenters. The van der Waals surface area contributed by atoms with Crippen LogP contribution in [0.5, 0.6) is 0 Å². The van der Waals surface area contributed by atoms with Crippen molar-refractivity contribution in [1.82, 2.24) is 5.32 Å². The van der Waals surface area contributed by atoms with Crippen molar-refractivity contribution in [3.8, 4) is 0 Å². The third kappa shape index (κ3) is 5.08. The summed E-state index contributed by atoms with van der Waals surface area (Å²) < 4.78 is 13.7. The van der Waals surface area contributed by atoms with Gasteiger partial charge < -0.3 is 5.32 Å². The predicted octanol–water partition coefficient (Wildman–Crippen LogP) is 3.77. The van der Waals surface area contributed by atoms with E-state index in [9.17, 15) is 4.39 Å². The molecule has 0 aliphatic rings. The van der Waals surface area contributed by atoms with Gasteiger partial charge in [0.05, 0.1) is 0 Å². The van der Waals surface area contributed by atoms with E-state index in [0.29, 0.717) is 5.92 Å². The average molecular weight is 288 g/mol. The Morgan fingerprint density at radius 3 is 2.75 bits per heavy atom. The number of hydrogen-bond acceptors (Lipinski definition) is 1. The lowest BCUT2D eigenvalue weighted by Crippen LogP contribution is -2.21. The number of nitrogens with one attached hydrogen (secondary N) is 1. The lowest BCUT2D eigenvalue weighted by molar-refractivity contribution is 0.542. The van der Waals surface area contributed by atoms with Gasteiger partial charge in [-0.25, -0.2) is 4.39 Å². The van der Waals surface area contributed by atoms with E-state index in [1.165, 1.54) is 17.7 Å². The van der Waals surface area contributed by atoms with Gasteiger partial charge in [-0.3, -0.25) is 0 Å². The summed E-state index contributed by atoms with van der Waals surface area (Å²) in [6, 6.07) is 4.89. The van der Waals surface area contributed by atoms with Crippen LogP contribution in [-0.4, -0.2) is 13.1 Å². The highest BCUT2D eigenvalue weighted by Gasteiger charge is 2.01. The molecule has 1 N–H and O–H groups in total. The van der Waals surface area contributed by atoms with Crippen molar-refractivity contribution in [2.45, 2.75) is 26.7 Å². The van der Waals surface area contributed by atoms with E-state index in [0.717, 1.165) is 30.4 Å². The highest BCUT2D eigenvalue weighted by atomic mass is 79.9. The Morgan fingerprint density at radius 1 is 1.38 bits per heavy atom. The van der Waals surface area contributed by atoms with E-state index in [-0.39, 0.29) is 5.82 Å². The summed E-state index contributed by atoms with van der Waals surface area (Å²) in [4.78, 5) is 0. The Bertz CT molecular complexity index is 326. The summed E-state index contributed by atoms with van der Waals surface area (Å²) >= 11 is 3.38. The molecular weight excluding hydrogens is 269 g/mol. The van der Waals surface area contributed by atoms with Gasteiger partial charge in [-0.05, 0) is 49.5 Å². The van der Waals surface area contributed by atoms with Crippen LogP contribution in [0.15, 0.2) is 22.7 Å². The zero-order valence-corrected chi connectivity index (χ0v) is 11.5. The second kappa shape index (κ2) is 7.02. The molecule has 0 aromatic heterocycles. The predicted molar refractivity (Wildman–Crippen MR) is 70.1 cm³/mol. The Morgan fingerprint density at radius 2 is 2.12 bits per heavy atom. The summed E-state index contributed by atoms with van der Waals surface area (Å²) in [6.07, 6.45) is 2.06. The van der Waals surface area contributed by atoms with Crippen LogP contribution in [0.3, 0.4) is 0 Å². The van der Waals surface area contributed by atoms with Crippen LogP contribution in [-0.2, 0) is 6.42 Å². The molecule has 0 aliphatic heterocycles. The van der Waals surface area contributed by atoms with Crippen LogP contribution >= 0.6 is 15.9 Å². The first-order valence-electron chi connectivity index (χ1n) is 5.74. The molecule has 0 bridgehead atoms. The maximum Gasteiger partial charge on any atom is 0.124 e. The molecule has 16 heavy (non-hydrogen) atoms. The van der Waals surface area contributed by atoms with Gasteiger partial charge >= 0.3 is 0 Å². The number of halogens is 2. The quantitative estimate of drug-likeness (QED) is 0.786. The lowest BCUT2D eigenvalue weighted by atomic mass is 10.1. The van der Waals surface area contributed by atoms with Crippen molar-refractivity contribution in [3.05, 3.63) is 34.1 Å². The third-order valence-electron chi connectivity index (χ3n) is 2.37. The summed E-state index contributed by atoms with van der Waals surface area (Å²) in [5.74, 6) is 0.506. The highest BCUT2D eigenvalue weighted by Crippen LogP contribution is 2.19. The van der Waals surface area contributed by atoms with Crippen LogP contribution in [0, 0.1) is 11.7 Å². The van der Waals surface area contributed by atoms with Crippen molar-refractivity contribution >= 4 is 15.9 Å². The Labute approximate surface area is 106 Å². The van der Waals surface area contributed by atoms with Crippen LogP contribution in [0.25, 0.3) is 0 Å².